The fourth-order valence-corrected chi connectivity index (χ4v) is 2.29. The van der Waals surface area contributed by atoms with Crippen LogP contribution in [0.15, 0.2) is 47.6 Å². The molecular weight excluding hydrogens is 451 g/mol. The molecule has 0 atom stereocenters. The van der Waals surface area contributed by atoms with Crippen molar-refractivity contribution in [2.75, 3.05) is 13.2 Å². The molecule has 2 N–H and O–H groups in total. The Hall–Kier alpha value is -1.54. The predicted octanol–water partition coefficient (Wildman–Crippen LogP) is 4.01. The summed E-state index contributed by atoms with van der Waals surface area (Å²) in [4.78, 5) is 8.91. The van der Waals surface area contributed by atoms with Gasteiger partial charge in [-0.05, 0) is 38.1 Å². The number of aliphatic imine (C=N–C) groups is 1. The lowest BCUT2D eigenvalue weighted by Crippen LogP contribution is -2.37. The Kier molecular flexibility index (Phi) is 10.3. The van der Waals surface area contributed by atoms with Crippen LogP contribution in [0.4, 0.5) is 0 Å². The molecule has 0 amide bonds. The van der Waals surface area contributed by atoms with E-state index >= 15 is 0 Å². The maximum absolute atomic E-state index is 6.04. The highest BCUT2D eigenvalue weighted by Gasteiger charge is 2.05. The molecule has 2 aromatic rings. The van der Waals surface area contributed by atoms with E-state index in [0.717, 1.165) is 29.5 Å². The van der Waals surface area contributed by atoms with Gasteiger partial charge in [0.2, 0.25) is 0 Å². The zero-order valence-electron chi connectivity index (χ0n) is 14.5. The van der Waals surface area contributed by atoms with Gasteiger partial charge in [-0.25, -0.2) is 4.99 Å². The van der Waals surface area contributed by atoms with E-state index in [2.05, 4.69) is 20.6 Å². The summed E-state index contributed by atoms with van der Waals surface area (Å²) in [6, 6.07) is 11.5. The molecule has 5 nitrogen and oxygen atoms in total. The molecule has 25 heavy (non-hydrogen) atoms. The number of nitrogens with zero attached hydrogens (tertiary/aromatic N) is 2. The van der Waals surface area contributed by atoms with Crippen molar-refractivity contribution in [1.82, 2.24) is 15.6 Å². The van der Waals surface area contributed by atoms with Crippen molar-refractivity contribution in [3.63, 3.8) is 0 Å². The molecule has 0 unspecified atom stereocenters. The van der Waals surface area contributed by atoms with Gasteiger partial charge in [0, 0.05) is 23.3 Å². The summed E-state index contributed by atoms with van der Waals surface area (Å²) in [5, 5.41) is 7.17. The van der Waals surface area contributed by atoms with Crippen molar-refractivity contribution in [1.29, 1.82) is 0 Å². The third-order valence-corrected chi connectivity index (χ3v) is 3.48. The highest BCUT2D eigenvalue weighted by Crippen LogP contribution is 2.24. The summed E-state index contributed by atoms with van der Waals surface area (Å²) in [5.41, 5.74) is 1.96. The highest BCUT2D eigenvalue weighted by atomic mass is 127. The van der Waals surface area contributed by atoms with Crippen LogP contribution in [0.1, 0.15) is 25.1 Å². The third kappa shape index (κ3) is 7.48. The van der Waals surface area contributed by atoms with Gasteiger partial charge in [-0.1, -0.05) is 23.7 Å². The van der Waals surface area contributed by atoms with Crippen LogP contribution in [0, 0.1) is 0 Å². The molecule has 0 aliphatic heterocycles. The number of nitrogens with one attached hydrogen (secondary N) is 2. The number of benzene rings is 1. The molecular formula is C18H24ClIN4O. The lowest BCUT2D eigenvalue weighted by molar-refractivity contribution is 0.336. The summed E-state index contributed by atoms with van der Waals surface area (Å²) < 4.78 is 5.63. The number of halogens is 2. The standard InChI is InChI=1S/C18H23ClN4O.HI/c1-3-20-18(23-13-16-7-5-6-10-21-16)22-12-14-8-9-15(19)11-17(14)24-4-2;/h5-11H,3-4,12-13H2,1-2H3,(H2,20,22,23);1H. The summed E-state index contributed by atoms with van der Waals surface area (Å²) in [6.45, 7) is 6.48. The summed E-state index contributed by atoms with van der Waals surface area (Å²) in [5.74, 6) is 1.51. The van der Waals surface area contributed by atoms with Crippen LogP contribution in [-0.4, -0.2) is 24.1 Å². The molecule has 1 aromatic carbocycles. The van der Waals surface area contributed by atoms with E-state index in [-0.39, 0.29) is 24.0 Å². The van der Waals surface area contributed by atoms with Gasteiger partial charge in [0.1, 0.15) is 5.75 Å². The second-order valence-corrected chi connectivity index (χ2v) is 5.49. The van der Waals surface area contributed by atoms with E-state index in [0.29, 0.717) is 24.7 Å². The topological polar surface area (TPSA) is 58.5 Å². The van der Waals surface area contributed by atoms with Crippen LogP contribution in [-0.2, 0) is 13.1 Å². The Balaban J connectivity index is 0.00000312. The van der Waals surface area contributed by atoms with Crippen LogP contribution >= 0.6 is 35.6 Å². The molecule has 1 aromatic heterocycles. The zero-order chi connectivity index (χ0) is 17.2. The smallest absolute Gasteiger partial charge is 0.191 e. The van der Waals surface area contributed by atoms with Gasteiger partial charge < -0.3 is 15.4 Å². The molecule has 136 valence electrons. The minimum Gasteiger partial charge on any atom is -0.493 e. The van der Waals surface area contributed by atoms with Crippen molar-refractivity contribution in [2.24, 2.45) is 4.99 Å². The fourth-order valence-electron chi connectivity index (χ4n) is 2.13. The Labute approximate surface area is 171 Å². The van der Waals surface area contributed by atoms with Crippen LogP contribution in [0.25, 0.3) is 0 Å². The second kappa shape index (κ2) is 11.9. The number of hydrogen-bond acceptors (Lipinski definition) is 3. The highest BCUT2D eigenvalue weighted by molar-refractivity contribution is 14.0. The first-order valence-electron chi connectivity index (χ1n) is 8.06. The van der Waals surface area contributed by atoms with Crippen molar-refractivity contribution < 1.29 is 4.74 Å². The van der Waals surface area contributed by atoms with Gasteiger partial charge in [0.25, 0.3) is 0 Å². The Morgan fingerprint density at radius 2 is 2.04 bits per heavy atom. The molecule has 7 heteroatoms. The van der Waals surface area contributed by atoms with Gasteiger partial charge in [-0.2, -0.15) is 0 Å². The summed E-state index contributed by atoms with van der Waals surface area (Å²) >= 11 is 6.04. The van der Waals surface area contributed by atoms with Crippen molar-refractivity contribution in [2.45, 2.75) is 26.9 Å². The van der Waals surface area contributed by atoms with Crippen LogP contribution in [0.3, 0.4) is 0 Å². The average Bonchev–Trinajstić information content (AvgIpc) is 2.60. The summed E-state index contributed by atoms with van der Waals surface area (Å²) in [6.07, 6.45) is 1.78. The molecule has 0 fully saturated rings. The van der Waals surface area contributed by atoms with Crippen molar-refractivity contribution in [3.8, 4) is 5.75 Å². The van der Waals surface area contributed by atoms with E-state index in [4.69, 9.17) is 16.3 Å². The molecule has 0 aliphatic rings. The first kappa shape index (κ1) is 21.5. The number of hydrogen-bond donors (Lipinski definition) is 2. The maximum atomic E-state index is 6.04. The quantitative estimate of drug-likeness (QED) is 0.362. The van der Waals surface area contributed by atoms with Gasteiger partial charge in [0.05, 0.1) is 25.4 Å². The van der Waals surface area contributed by atoms with E-state index in [1.54, 1.807) is 6.20 Å². The number of aromatic nitrogens is 1. The molecule has 0 radical (unpaired) electrons. The first-order valence-corrected chi connectivity index (χ1v) is 8.44. The SMILES string of the molecule is CCNC(=NCc1ccc(Cl)cc1OCC)NCc1ccccn1.I. The minimum atomic E-state index is 0. The molecule has 0 saturated carbocycles. The van der Waals surface area contributed by atoms with Gasteiger partial charge in [-0.3, -0.25) is 4.98 Å². The Morgan fingerprint density at radius 1 is 1.20 bits per heavy atom. The van der Waals surface area contributed by atoms with E-state index in [9.17, 15) is 0 Å². The van der Waals surface area contributed by atoms with Crippen LogP contribution in [0.5, 0.6) is 5.75 Å². The van der Waals surface area contributed by atoms with Gasteiger partial charge in [0.15, 0.2) is 5.96 Å². The molecule has 0 aliphatic carbocycles. The van der Waals surface area contributed by atoms with E-state index < -0.39 is 0 Å². The van der Waals surface area contributed by atoms with Crippen molar-refractivity contribution >= 4 is 41.5 Å². The lowest BCUT2D eigenvalue weighted by atomic mass is 10.2. The molecule has 0 saturated heterocycles. The average molecular weight is 475 g/mol. The largest absolute Gasteiger partial charge is 0.493 e. The van der Waals surface area contributed by atoms with E-state index in [1.807, 2.05) is 50.2 Å². The van der Waals surface area contributed by atoms with Gasteiger partial charge >= 0.3 is 0 Å². The number of pyridine rings is 1. The minimum absolute atomic E-state index is 0. The number of rotatable bonds is 7. The third-order valence-electron chi connectivity index (χ3n) is 3.24. The van der Waals surface area contributed by atoms with E-state index in [1.165, 1.54) is 0 Å². The van der Waals surface area contributed by atoms with Gasteiger partial charge in [-0.15, -0.1) is 24.0 Å². The fraction of sp³-hybridized carbons (Fsp3) is 0.333. The summed E-state index contributed by atoms with van der Waals surface area (Å²) in [7, 11) is 0. The van der Waals surface area contributed by atoms with Crippen LogP contribution < -0.4 is 15.4 Å². The normalized spacial score (nSPS) is 10.8. The molecule has 1 heterocycles. The monoisotopic (exact) mass is 474 g/mol. The number of ether oxygens (including phenoxy) is 1. The second-order valence-electron chi connectivity index (χ2n) is 5.05. The van der Waals surface area contributed by atoms with Crippen LogP contribution in [0.2, 0.25) is 5.02 Å². The maximum Gasteiger partial charge on any atom is 0.191 e. The lowest BCUT2D eigenvalue weighted by Gasteiger charge is -2.12. The number of guanidine groups is 1. The van der Waals surface area contributed by atoms with Crippen molar-refractivity contribution in [3.05, 3.63) is 58.9 Å². The Bertz CT molecular complexity index is 667. The zero-order valence-corrected chi connectivity index (χ0v) is 17.5. The molecule has 0 spiro atoms. The predicted molar refractivity (Wildman–Crippen MR) is 114 cm³/mol. The molecule has 2 rings (SSSR count). The Morgan fingerprint density at radius 3 is 2.72 bits per heavy atom. The first-order chi connectivity index (χ1) is 11.7. The molecule has 0 bridgehead atoms.